The topological polar surface area (TPSA) is 69.6 Å². The van der Waals surface area contributed by atoms with E-state index in [4.69, 9.17) is 5.11 Å². The Kier molecular flexibility index (Phi) is 6.85. The fourth-order valence-corrected chi connectivity index (χ4v) is 2.35. The second-order valence-corrected chi connectivity index (χ2v) is 6.13. The van der Waals surface area contributed by atoms with Gasteiger partial charge in [-0.3, -0.25) is 4.79 Å². The van der Waals surface area contributed by atoms with Gasteiger partial charge in [-0.1, -0.05) is 52.0 Å². The minimum absolute atomic E-state index is 0.0471. The summed E-state index contributed by atoms with van der Waals surface area (Å²) in [6.45, 7) is 8.23. The Morgan fingerprint density at radius 1 is 1.10 bits per heavy atom. The van der Waals surface area contributed by atoms with Crippen LogP contribution >= 0.6 is 0 Å². The number of hydrogen-bond donors (Lipinski definition) is 3. The molecule has 0 saturated heterocycles. The summed E-state index contributed by atoms with van der Waals surface area (Å²) >= 11 is 0. The standard InChI is InChI=1S/C17H27NO3/c1-11(2)13-5-7-14(8-6-13)17(21)15(18-12(3)4)9-10-16(19)20/h5-8,11-12,15,17-18,21H,9-10H2,1-4H3,(H,19,20). The molecule has 0 heterocycles. The lowest BCUT2D eigenvalue weighted by molar-refractivity contribution is -0.137. The first kappa shape index (κ1) is 17.7. The van der Waals surface area contributed by atoms with Crippen LogP contribution in [0, 0.1) is 0 Å². The third kappa shape index (κ3) is 5.86. The van der Waals surface area contributed by atoms with Crippen LogP contribution in [0.4, 0.5) is 0 Å². The number of aliphatic hydroxyl groups excluding tert-OH is 1. The van der Waals surface area contributed by atoms with Gasteiger partial charge in [0.05, 0.1) is 6.10 Å². The van der Waals surface area contributed by atoms with Gasteiger partial charge in [0, 0.05) is 18.5 Å². The van der Waals surface area contributed by atoms with Crippen LogP contribution in [-0.4, -0.2) is 28.3 Å². The third-order valence-electron chi connectivity index (χ3n) is 3.54. The first-order valence-electron chi connectivity index (χ1n) is 7.57. The molecule has 0 aliphatic carbocycles. The molecule has 0 radical (unpaired) electrons. The van der Waals surface area contributed by atoms with Crippen molar-refractivity contribution in [3.05, 3.63) is 35.4 Å². The van der Waals surface area contributed by atoms with E-state index in [1.807, 2.05) is 38.1 Å². The highest BCUT2D eigenvalue weighted by molar-refractivity contribution is 5.66. The number of nitrogens with one attached hydrogen (secondary N) is 1. The molecule has 2 atom stereocenters. The zero-order chi connectivity index (χ0) is 16.0. The Hall–Kier alpha value is -1.39. The maximum atomic E-state index is 10.8. The number of carboxylic acid groups (broad SMARTS) is 1. The predicted octanol–water partition coefficient (Wildman–Crippen LogP) is 3.07. The largest absolute Gasteiger partial charge is 0.481 e. The lowest BCUT2D eigenvalue weighted by Crippen LogP contribution is -2.39. The number of carboxylic acids is 1. The zero-order valence-electron chi connectivity index (χ0n) is 13.3. The van der Waals surface area contributed by atoms with Crippen LogP contribution in [0.15, 0.2) is 24.3 Å². The van der Waals surface area contributed by atoms with E-state index in [2.05, 4.69) is 19.2 Å². The second-order valence-electron chi connectivity index (χ2n) is 6.13. The van der Waals surface area contributed by atoms with E-state index in [1.54, 1.807) is 0 Å². The van der Waals surface area contributed by atoms with E-state index in [-0.39, 0.29) is 18.5 Å². The van der Waals surface area contributed by atoms with Gasteiger partial charge in [-0.05, 0) is 23.5 Å². The summed E-state index contributed by atoms with van der Waals surface area (Å²) in [4.78, 5) is 10.8. The molecular weight excluding hydrogens is 266 g/mol. The van der Waals surface area contributed by atoms with E-state index in [1.165, 1.54) is 5.56 Å². The van der Waals surface area contributed by atoms with Crippen LogP contribution in [-0.2, 0) is 4.79 Å². The first-order chi connectivity index (χ1) is 9.81. The summed E-state index contributed by atoms with van der Waals surface area (Å²) in [5, 5.41) is 22.6. The highest BCUT2D eigenvalue weighted by Crippen LogP contribution is 2.23. The van der Waals surface area contributed by atoms with Crippen molar-refractivity contribution in [1.29, 1.82) is 0 Å². The Labute approximate surface area is 127 Å². The molecule has 4 heteroatoms. The van der Waals surface area contributed by atoms with Crippen molar-refractivity contribution in [2.75, 3.05) is 0 Å². The molecule has 0 aliphatic rings. The number of hydrogen-bond acceptors (Lipinski definition) is 3. The van der Waals surface area contributed by atoms with Crippen LogP contribution in [0.2, 0.25) is 0 Å². The molecule has 0 saturated carbocycles. The van der Waals surface area contributed by atoms with Gasteiger partial charge in [-0.25, -0.2) is 0 Å². The average molecular weight is 293 g/mol. The summed E-state index contributed by atoms with van der Waals surface area (Å²) < 4.78 is 0. The summed E-state index contributed by atoms with van der Waals surface area (Å²) in [5.41, 5.74) is 2.05. The highest BCUT2D eigenvalue weighted by atomic mass is 16.4. The van der Waals surface area contributed by atoms with Crippen LogP contribution in [0.1, 0.15) is 63.7 Å². The number of aliphatic hydroxyl groups is 1. The van der Waals surface area contributed by atoms with Gasteiger partial charge < -0.3 is 15.5 Å². The molecule has 118 valence electrons. The van der Waals surface area contributed by atoms with Crippen LogP contribution in [0.3, 0.4) is 0 Å². The fourth-order valence-electron chi connectivity index (χ4n) is 2.35. The molecule has 0 bridgehead atoms. The Balaban J connectivity index is 2.82. The van der Waals surface area contributed by atoms with Crippen LogP contribution in [0.25, 0.3) is 0 Å². The monoisotopic (exact) mass is 293 g/mol. The number of carbonyl (C=O) groups is 1. The van der Waals surface area contributed by atoms with Gasteiger partial charge in [0.1, 0.15) is 0 Å². The smallest absolute Gasteiger partial charge is 0.303 e. The maximum absolute atomic E-state index is 10.8. The van der Waals surface area contributed by atoms with Gasteiger partial charge >= 0.3 is 5.97 Å². The van der Waals surface area contributed by atoms with Crippen molar-refractivity contribution in [3.63, 3.8) is 0 Å². The fraction of sp³-hybridized carbons (Fsp3) is 0.588. The van der Waals surface area contributed by atoms with Crippen molar-refractivity contribution < 1.29 is 15.0 Å². The lowest BCUT2D eigenvalue weighted by atomic mass is 9.95. The summed E-state index contributed by atoms with van der Waals surface area (Å²) in [7, 11) is 0. The maximum Gasteiger partial charge on any atom is 0.303 e. The minimum atomic E-state index is -0.840. The molecule has 1 aromatic carbocycles. The molecule has 2 unspecified atom stereocenters. The predicted molar refractivity (Wildman–Crippen MR) is 84.4 cm³/mol. The molecule has 1 rings (SSSR count). The van der Waals surface area contributed by atoms with Crippen molar-refractivity contribution in [1.82, 2.24) is 5.32 Å². The summed E-state index contributed by atoms with van der Waals surface area (Å²) in [5.74, 6) is -0.388. The number of benzene rings is 1. The summed E-state index contributed by atoms with van der Waals surface area (Å²) in [6, 6.07) is 7.82. The second kappa shape index (κ2) is 8.15. The molecule has 3 N–H and O–H groups in total. The first-order valence-corrected chi connectivity index (χ1v) is 7.57. The van der Waals surface area contributed by atoms with Gasteiger partial charge in [-0.2, -0.15) is 0 Å². The molecule has 1 aromatic rings. The molecule has 21 heavy (non-hydrogen) atoms. The van der Waals surface area contributed by atoms with Crippen molar-refractivity contribution in [2.24, 2.45) is 0 Å². The quantitative estimate of drug-likeness (QED) is 0.689. The molecule has 0 spiro atoms. The Bertz CT molecular complexity index is 440. The van der Waals surface area contributed by atoms with Crippen molar-refractivity contribution in [2.45, 2.75) is 64.6 Å². The third-order valence-corrected chi connectivity index (χ3v) is 3.54. The molecule has 0 aromatic heterocycles. The molecule has 0 fully saturated rings. The number of aliphatic carboxylic acids is 1. The van der Waals surface area contributed by atoms with Crippen LogP contribution in [0.5, 0.6) is 0 Å². The molecular formula is C17H27NO3. The van der Waals surface area contributed by atoms with E-state index >= 15 is 0 Å². The van der Waals surface area contributed by atoms with E-state index in [0.717, 1.165) is 5.56 Å². The number of rotatable bonds is 8. The van der Waals surface area contributed by atoms with Crippen molar-refractivity contribution >= 4 is 5.97 Å². The van der Waals surface area contributed by atoms with Gasteiger partial charge in [0.2, 0.25) is 0 Å². The summed E-state index contributed by atoms with van der Waals surface area (Å²) in [6.07, 6.45) is -0.250. The van der Waals surface area contributed by atoms with E-state index < -0.39 is 12.1 Å². The van der Waals surface area contributed by atoms with Gasteiger partial charge in [0.15, 0.2) is 0 Å². The Morgan fingerprint density at radius 2 is 1.62 bits per heavy atom. The van der Waals surface area contributed by atoms with Gasteiger partial charge in [0.25, 0.3) is 0 Å². The molecule has 0 aliphatic heterocycles. The Morgan fingerprint density at radius 3 is 2.05 bits per heavy atom. The minimum Gasteiger partial charge on any atom is -0.481 e. The molecule has 4 nitrogen and oxygen atoms in total. The average Bonchev–Trinajstić information content (AvgIpc) is 2.42. The van der Waals surface area contributed by atoms with E-state index in [9.17, 15) is 9.90 Å². The van der Waals surface area contributed by atoms with Crippen molar-refractivity contribution in [3.8, 4) is 0 Å². The zero-order valence-corrected chi connectivity index (χ0v) is 13.3. The molecule has 0 amide bonds. The lowest BCUT2D eigenvalue weighted by Gasteiger charge is -2.26. The highest BCUT2D eigenvalue weighted by Gasteiger charge is 2.22. The SMILES string of the molecule is CC(C)NC(CCC(=O)O)C(O)c1ccc(C(C)C)cc1. The normalized spacial score (nSPS) is 14.4. The van der Waals surface area contributed by atoms with E-state index in [0.29, 0.717) is 12.3 Å². The van der Waals surface area contributed by atoms with Gasteiger partial charge in [-0.15, -0.1) is 0 Å². The van der Waals surface area contributed by atoms with Crippen LogP contribution < -0.4 is 5.32 Å².